The zero-order valence-corrected chi connectivity index (χ0v) is 11.8. The lowest BCUT2D eigenvalue weighted by Crippen LogP contribution is -2.32. The van der Waals surface area contributed by atoms with Gasteiger partial charge < -0.3 is 0 Å². The molecule has 0 saturated heterocycles. The molecule has 0 aliphatic rings. The molecule has 0 unspecified atom stereocenters. The molecule has 0 radical (unpaired) electrons. The molecule has 100 valence electrons. The predicted molar refractivity (Wildman–Crippen MR) is 77.9 cm³/mol. The molecule has 3 aromatic rings. The summed E-state index contributed by atoms with van der Waals surface area (Å²) in [6.07, 6.45) is 1.46. The number of hydrogen-bond acceptors (Lipinski definition) is 1. The molecule has 0 bridgehead atoms. The summed E-state index contributed by atoms with van der Waals surface area (Å²) in [5.41, 5.74) is 1.24. The van der Waals surface area contributed by atoms with Crippen LogP contribution in [-0.4, -0.2) is 9.90 Å². The molecular formula is C14H10Cl2N3O+. The van der Waals surface area contributed by atoms with Crippen molar-refractivity contribution in [3.8, 4) is 11.4 Å². The van der Waals surface area contributed by atoms with Gasteiger partial charge in [0.1, 0.15) is 0 Å². The zero-order chi connectivity index (χ0) is 14.1. The molecule has 0 fully saturated rings. The van der Waals surface area contributed by atoms with Crippen molar-refractivity contribution in [1.82, 2.24) is 9.90 Å². The molecule has 0 spiro atoms. The first-order chi connectivity index (χ1) is 9.63. The Labute approximate surface area is 124 Å². The Morgan fingerprint density at radius 1 is 1.00 bits per heavy atom. The second-order valence-electron chi connectivity index (χ2n) is 4.24. The minimum absolute atomic E-state index is 0.202. The van der Waals surface area contributed by atoms with Gasteiger partial charge in [0.2, 0.25) is 6.20 Å². The van der Waals surface area contributed by atoms with Crippen molar-refractivity contribution in [1.29, 1.82) is 0 Å². The van der Waals surface area contributed by atoms with Crippen LogP contribution in [0.15, 0.2) is 59.5 Å². The van der Waals surface area contributed by atoms with E-state index in [-0.39, 0.29) is 5.56 Å². The average Bonchev–Trinajstić information content (AvgIpc) is 2.81. The van der Waals surface area contributed by atoms with E-state index in [0.717, 1.165) is 5.69 Å². The van der Waals surface area contributed by atoms with E-state index in [1.807, 2.05) is 30.3 Å². The number of hydrogen-bond donors (Lipinski definition) is 1. The summed E-state index contributed by atoms with van der Waals surface area (Å²) in [5, 5.41) is 3.92. The molecule has 0 amide bonds. The molecule has 1 N–H and O–H groups in total. The van der Waals surface area contributed by atoms with Crippen LogP contribution in [0.25, 0.3) is 11.4 Å². The lowest BCUT2D eigenvalue weighted by molar-refractivity contribution is -0.661. The number of para-hydroxylation sites is 1. The smallest absolute Gasteiger partial charge is 0.235 e. The molecular weight excluding hydrogens is 297 g/mol. The summed E-state index contributed by atoms with van der Waals surface area (Å²) in [5.74, 6) is 0. The van der Waals surface area contributed by atoms with E-state index in [1.165, 1.54) is 10.9 Å². The first-order valence-corrected chi connectivity index (χ1v) is 6.65. The molecule has 2 aromatic carbocycles. The third-order valence-electron chi connectivity index (χ3n) is 2.81. The molecule has 1 heterocycles. The number of H-pyrrole nitrogens is 1. The molecule has 1 aromatic heterocycles. The quantitative estimate of drug-likeness (QED) is 0.727. The zero-order valence-electron chi connectivity index (χ0n) is 10.3. The fourth-order valence-electron chi connectivity index (χ4n) is 1.93. The summed E-state index contributed by atoms with van der Waals surface area (Å²) in [6.45, 7) is 0. The van der Waals surface area contributed by atoms with Crippen molar-refractivity contribution in [2.24, 2.45) is 0 Å². The topological polar surface area (TPSA) is 41.7 Å². The highest BCUT2D eigenvalue weighted by Crippen LogP contribution is 2.20. The molecule has 4 nitrogen and oxygen atoms in total. The monoisotopic (exact) mass is 306 g/mol. The van der Waals surface area contributed by atoms with Gasteiger partial charge in [-0.25, -0.2) is 4.79 Å². The van der Waals surface area contributed by atoms with Crippen LogP contribution >= 0.6 is 23.2 Å². The van der Waals surface area contributed by atoms with Crippen molar-refractivity contribution in [2.75, 3.05) is 0 Å². The first kappa shape index (κ1) is 13.0. The number of aromatic nitrogens is 3. The first-order valence-electron chi connectivity index (χ1n) is 5.89. The molecule has 3 rings (SSSR count). The van der Waals surface area contributed by atoms with Gasteiger partial charge in [-0.1, -0.05) is 51.3 Å². The van der Waals surface area contributed by atoms with Crippen molar-refractivity contribution >= 4 is 23.2 Å². The van der Waals surface area contributed by atoms with Gasteiger partial charge in [-0.3, -0.25) is 0 Å². The highest BCUT2D eigenvalue weighted by Gasteiger charge is 2.15. The number of rotatable bonds is 2. The maximum atomic E-state index is 12.1. The van der Waals surface area contributed by atoms with Crippen molar-refractivity contribution in [3.63, 3.8) is 0 Å². The highest BCUT2D eigenvalue weighted by atomic mass is 35.5. The van der Waals surface area contributed by atoms with Crippen LogP contribution in [0.3, 0.4) is 0 Å². The number of nitrogens with one attached hydrogen (secondary N) is 1. The number of aromatic amines is 1. The normalized spacial score (nSPS) is 10.7. The van der Waals surface area contributed by atoms with Gasteiger partial charge in [0, 0.05) is 22.2 Å². The Morgan fingerprint density at radius 2 is 1.65 bits per heavy atom. The standard InChI is InChI=1S/C14H9Cl2N3O/c15-10-6-11(16)8-13(7-10)19-14(20)9-18(17-19)12-4-2-1-3-5-12/h1-9H/p+1. The van der Waals surface area contributed by atoms with Gasteiger partial charge in [0.15, 0.2) is 11.4 Å². The van der Waals surface area contributed by atoms with Crippen LogP contribution in [0.1, 0.15) is 0 Å². The van der Waals surface area contributed by atoms with E-state index < -0.39 is 0 Å². The molecule has 6 heteroatoms. The number of nitrogens with zero attached hydrogens (tertiary/aromatic N) is 2. The van der Waals surface area contributed by atoms with E-state index in [1.54, 1.807) is 22.9 Å². The van der Waals surface area contributed by atoms with E-state index in [2.05, 4.69) is 5.21 Å². The van der Waals surface area contributed by atoms with Gasteiger partial charge in [-0.15, -0.1) is 4.68 Å². The Bertz CT molecular complexity index is 789. The maximum Gasteiger partial charge on any atom is 0.398 e. The van der Waals surface area contributed by atoms with Crippen LogP contribution in [0.4, 0.5) is 0 Å². The lowest BCUT2D eigenvalue weighted by atomic mass is 10.3. The maximum absolute atomic E-state index is 12.1. The SMILES string of the molecule is O=c1c[n+](-c2ccccc2)[nH]n1-c1cc(Cl)cc(Cl)c1. The Morgan fingerprint density at radius 3 is 2.30 bits per heavy atom. The average molecular weight is 307 g/mol. The Hall–Kier alpha value is -2.04. The third-order valence-corrected chi connectivity index (χ3v) is 3.24. The van der Waals surface area contributed by atoms with Crippen LogP contribution in [0, 0.1) is 0 Å². The van der Waals surface area contributed by atoms with E-state index in [0.29, 0.717) is 15.7 Å². The lowest BCUT2D eigenvalue weighted by Gasteiger charge is -1.98. The van der Waals surface area contributed by atoms with Crippen molar-refractivity contribution < 1.29 is 4.68 Å². The Balaban J connectivity index is 2.12. The van der Waals surface area contributed by atoms with Gasteiger partial charge in [-0.05, 0) is 18.2 Å². The van der Waals surface area contributed by atoms with Gasteiger partial charge in [0.25, 0.3) is 0 Å². The van der Waals surface area contributed by atoms with Crippen LogP contribution < -0.4 is 10.2 Å². The summed E-state index contributed by atoms with van der Waals surface area (Å²) in [4.78, 5) is 12.1. The minimum Gasteiger partial charge on any atom is -0.235 e. The summed E-state index contributed by atoms with van der Waals surface area (Å²) in [6, 6.07) is 14.4. The second-order valence-corrected chi connectivity index (χ2v) is 5.11. The van der Waals surface area contributed by atoms with Crippen LogP contribution in [0.5, 0.6) is 0 Å². The Kier molecular flexibility index (Phi) is 3.34. The van der Waals surface area contributed by atoms with E-state index in [9.17, 15) is 4.79 Å². The fourth-order valence-corrected chi connectivity index (χ4v) is 2.44. The van der Waals surface area contributed by atoms with Gasteiger partial charge in [0.05, 0.1) is 0 Å². The second kappa shape index (κ2) is 5.15. The third kappa shape index (κ3) is 2.48. The minimum atomic E-state index is -0.202. The van der Waals surface area contributed by atoms with E-state index >= 15 is 0 Å². The molecule has 0 saturated carbocycles. The summed E-state index contributed by atoms with van der Waals surface area (Å²) in [7, 11) is 0. The predicted octanol–water partition coefficient (Wildman–Crippen LogP) is 2.75. The molecule has 0 atom stereocenters. The van der Waals surface area contributed by atoms with Crippen molar-refractivity contribution in [3.05, 3.63) is 75.1 Å². The summed E-state index contributed by atoms with van der Waals surface area (Å²) < 4.78 is 3.02. The number of benzene rings is 2. The highest BCUT2D eigenvalue weighted by molar-refractivity contribution is 6.34. The van der Waals surface area contributed by atoms with Crippen LogP contribution in [-0.2, 0) is 0 Å². The molecule has 0 aliphatic carbocycles. The molecule has 0 aliphatic heterocycles. The number of halogens is 2. The van der Waals surface area contributed by atoms with Gasteiger partial charge in [-0.2, -0.15) is 0 Å². The fraction of sp³-hybridized carbons (Fsp3) is 0. The van der Waals surface area contributed by atoms with Crippen LogP contribution in [0.2, 0.25) is 10.0 Å². The van der Waals surface area contributed by atoms with Crippen molar-refractivity contribution in [2.45, 2.75) is 0 Å². The largest absolute Gasteiger partial charge is 0.398 e. The van der Waals surface area contributed by atoms with Gasteiger partial charge >= 0.3 is 5.56 Å². The van der Waals surface area contributed by atoms with E-state index in [4.69, 9.17) is 23.2 Å². The molecule has 20 heavy (non-hydrogen) atoms. The summed E-state index contributed by atoms with van der Waals surface area (Å²) >= 11 is 11.9.